The SMILES string of the molecule is NC(=O)[C@H](Cc1cccc(I)c1)NC(=O)c1ccccc1C(F)(F)F. The summed E-state index contributed by atoms with van der Waals surface area (Å²) < 4.78 is 40.0. The number of nitrogens with two attached hydrogens (primary N) is 1. The van der Waals surface area contributed by atoms with E-state index in [1.54, 1.807) is 18.2 Å². The summed E-state index contributed by atoms with van der Waals surface area (Å²) in [4.78, 5) is 23.9. The molecule has 25 heavy (non-hydrogen) atoms. The molecule has 132 valence electrons. The minimum Gasteiger partial charge on any atom is -0.368 e. The van der Waals surface area contributed by atoms with Crippen LogP contribution in [0.25, 0.3) is 0 Å². The first-order valence-corrected chi connectivity index (χ1v) is 8.27. The fraction of sp³-hybridized carbons (Fsp3) is 0.176. The molecule has 2 aromatic carbocycles. The lowest BCUT2D eigenvalue weighted by atomic mass is 10.0. The average Bonchev–Trinajstić information content (AvgIpc) is 2.53. The van der Waals surface area contributed by atoms with Crippen LogP contribution in [0.4, 0.5) is 13.2 Å². The monoisotopic (exact) mass is 462 g/mol. The van der Waals surface area contributed by atoms with E-state index in [0.29, 0.717) is 0 Å². The number of rotatable bonds is 5. The molecule has 0 heterocycles. The number of alkyl halides is 3. The zero-order chi connectivity index (χ0) is 18.6. The van der Waals surface area contributed by atoms with Crippen LogP contribution in [0.15, 0.2) is 48.5 Å². The van der Waals surface area contributed by atoms with Crippen LogP contribution >= 0.6 is 22.6 Å². The minimum absolute atomic E-state index is 0.0894. The third-order valence-electron chi connectivity index (χ3n) is 3.45. The van der Waals surface area contributed by atoms with Crippen molar-refractivity contribution in [1.29, 1.82) is 0 Å². The second-order valence-corrected chi connectivity index (χ2v) is 6.55. The number of hydrogen-bond acceptors (Lipinski definition) is 2. The predicted molar refractivity (Wildman–Crippen MR) is 94.8 cm³/mol. The van der Waals surface area contributed by atoms with Crippen LogP contribution in [0.5, 0.6) is 0 Å². The molecule has 0 bridgehead atoms. The first-order chi connectivity index (χ1) is 11.7. The summed E-state index contributed by atoms with van der Waals surface area (Å²) in [5.74, 6) is -1.82. The van der Waals surface area contributed by atoms with Crippen molar-refractivity contribution >= 4 is 34.4 Å². The maximum Gasteiger partial charge on any atom is 0.417 e. The molecule has 0 saturated heterocycles. The Morgan fingerprint density at radius 3 is 2.40 bits per heavy atom. The van der Waals surface area contributed by atoms with Crippen LogP contribution in [-0.4, -0.2) is 17.9 Å². The quantitative estimate of drug-likeness (QED) is 0.671. The van der Waals surface area contributed by atoms with Gasteiger partial charge in [-0.1, -0.05) is 24.3 Å². The van der Waals surface area contributed by atoms with Crippen molar-refractivity contribution in [2.45, 2.75) is 18.6 Å². The van der Waals surface area contributed by atoms with E-state index in [2.05, 4.69) is 27.9 Å². The highest BCUT2D eigenvalue weighted by Gasteiger charge is 2.35. The molecule has 3 N–H and O–H groups in total. The maximum absolute atomic E-state index is 13.0. The lowest BCUT2D eigenvalue weighted by Crippen LogP contribution is -2.46. The standard InChI is InChI=1S/C17H14F3IN2O2/c18-17(19,20)13-7-2-1-6-12(13)16(25)23-14(15(22)24)9-10-4-3-5-11(21)8-10/h1-8,14H,9H2,(H2,22,24)(H,23,25)/t14-/m0/s1. The number of nitrogens with one attached hydrogen (secondary N) is 1. The molecule has 0 aliphatic rings. The van der Waals surface area contributed by atoms with Gasteiger partial charge in [0.05, 0.1) is 11.1 Å². The van der Waals surface area contributed by atoms with Crippen LogP contribution in [0, 0.1) is 3.57 Å². The Hall–Kier alpha value is -2.10. The van der Waals surface area contributed by atoms with E-state index in [4.69, 9.17) is 5.73 Å². The summed E-state index contributed by atoms with van der Waals surface area (Å²) in [7, 11) is 0. The molecular weight excluding hydrogens is 448 g/mol. The fourth-order valence-electron chi connectivity index (χ4n) is 2.29. The number of carbonyl (C=O) groups excluding carboxylic acids is 2. The molecule has 1 atom stereocenters. The summed E-state index contributed by atoms with van der Waals surface area (Å²) in [6.07, 6.45) is -4.59. The Labute approximate surface area is 155 Å². The van der Waals surface area contributed by atoms with Gasteiger partial charge < -0.3 is 11.1 Å². The van der Waals surface area contributed by atoms with Gasteiger partial charge in [-0.25, -0.2) is 0 Å². The number of benzene rings is 2. The zero-order valence-electron chi connectivity index (χ0n) is 12.8. The van der Waals surface area contributed by atoms with Crippen molar-refractivity contribution in [2.75, 3.05) is 0 Å². The van der Waals surface area contributed by atoms with Crippen molar-refractivity contribution in [2.24, 2.45) is 5.73 Å². The van der Waals surface area contributed by atoms with Gasteiger partial charge >= 0.3 is 6.18 Å². The highest BCUT2D eigenvalue weighted by atomic mass is 127. The minimum atomic E-state index is -4.67. The van der Waals surface area contributed by atoms with E-state index < -0.39 is 35.2 Å². The van der Waals surface area contributed by atoms with Crippen molar-refractivity contribution in [1.82, 2.24) is 5.32 Å². The van der Waals surface area contributed by atoms with Gasteiger partial charge in [0.1, 0.15) is 6.04 Å². The third kappa shape index (κ3) is 5.18. The Morgan fingerprint density at radius 2 is 1.80 bits per heavy atom. The summed E-state index contributed by atoms with van der Waals surface area (Å²) in [5, 5.41) is 2.30. The second-order valence-electron chi connectivity index (χ2n) is 5.31. The molecular formula is C17H14F3IN2O2. The van der Waals surface area contributed by atoms with Crippen molar-refractivity contribution in [3.05, 3.63) is 68.8 Å². The lowest BCUT2D eigenvalue weighted by molar-refractivity contribution is -0.137. The van der Waals surface area contributed by atoms with Crippen LogP contribution in [0.3, 0.4) is 0 Å². The maximum atomic E-state index is 13.0. The Morgan fingerprint density at radius 1 is 1.12 bits per heavy atom. The van der Waals surface area contributed by atoms with E-state index in [0.717, 1.165) is 21.3 Å². The number of halogens is 4. The highest BCUT2D eigenvalue weighted by Crippen LogP contribution is 2.31. The molecule has 2 amide bonds. The zero-order valence-corrected chi connectivity index (χ0v) is 15.0. The van der Waals surface area contributed by atoms with Crippen molar-refractivity contribution < 1.29 is 22.8 Å². The van der Waals surface area contributed by atoms with Crippen molar-refractivity contribution in [3.63, 3.8) is 0 Å². The average molecular weight is 462 g/mol. The van der Waals surface area contributed by atoms with E-state index >= 15 is 0 Å². The molecule has 0 aliphatic heterocycles. The number of amides is 2. The van der Waals surface area contributed by atoms with Crippen LogP contribution < -0.4 is 11.1 Å². The fourth-order valence-corrected chi connectivity index (χ4v) is 2.89. The van der Waals surface area contributed by atoms with Gasteiger partial charge in [-0.05, 0) is 52.4 Å². The third-order valence-corrected chi connectivity index (χ3v) is 4.13. The molecule has 0 aliphatic carbocycles. The van der Waals surface area contributed by atoms with Gasteiger partial charge in [0, 0.05) is 9.99 Å². The first-order valence-electron chi connectivity index (χ1n) is 7.19. The highest BCUT2D eigenvalue weighted by molar-refractivity contribution is 14.1. The predicted octanol–water partition coefficient (Wildman–Crippen LogP) is 3.14. The Kier molecular flexibility index (Phi) is 6.04. The smallest absolute Gasteiger partial charge is 0.368 e. The number of hydrogen-bond donors (Lipinski definition) is 2. The first kappa shape index (κ1) is 19.2. The summed E-state index contributed by atoms with van der Waals surface area (Å²) >= 11 is 2.09. The van der Waals surface area contributed by atoms with Gasteiger partial charge in [-0.3, -0.25) is 9.59 Å². The van der Waals surface area contributed by atoms with Crippen LogP contribution in [0.1, 0.15) is 21.5 Å². The Balaban J connectivity index is 2.23. The molecule has 8 heteroatoms. The van der Waals surface area contributed by atoms with Gasteiger partial charge in [0.25, 0.3) is 5.91 Å². The van der Waals surface area contributed by atoms with Crippen molar-refractivity contribution in [3.8, 4) is 0 Å². The lowest BCUT2D eigenvalue weighted by Gasteiger charge is -2.18. The van der Waals surface area contributed by atoms with E-state index in [9.17, 15) is 22.8 Å². The molecule has 4 nitrogen and oxygen atoms in total. The van der Waals surface area contributed by atoms with Gasteiger partial charge in [-0.2, -0.15) is 13.2 Å². The molecule has 0 saturated carbocycles. The normalized spacial score (nSPS) is 12.5. The largest absolute Gasteiger partial charge is 0.417 e. The van der Waals surface area contributed by atoms with Gasteiger partial charge in [0.15, 0.2) is 0 Å². The molecule has 2 aromatic rings. The molecule has 0 aromatic heterocycles. The molecule has 0 spiro atoms. The van der Waals surface area contributed by atoms with E-state index in [-0.39, 0.29) is 6.42 Å². The van der Waals surface area contributed by atoms with Crippen LogP contribution in [0.2, 0.25) is 0 Å². The van der Waals surface area contributed by atoms with Gasteiger partial charge in [-0.15, -0.1) is 0 Å². The number of primary amides is 1. The number of carbonyl (C=O) groups is 2. The Bertz CT molecular complexity index is 793. The summed E-state index contributed by atoms with van der Waals surface area (Å²) in [6, 6.07) is 10.4. The van der Waals surface area contributed by atoms with E-state index in [1.807, 2.05) is 6.07 Å². The molecule has 0 unspecified atom stereocenters. The topological polar surface area (TPSA) is 72.2 Å². The summed E-state index contributed by atoms with van der Waals surface area (Å²) in [5.41, 5.74) is 4.41. The van der Waals surface area contributed by atoms with Gasteiger partial charge in [0.2, 0.25) is 5.91 Å². The van der Waals surface area contributed by atoms with E-state index in [1.165, 1.54) is 12.1 Å². The molecule has 0 radical (unpaired) electrons. The molecule has 2 rings (SSSR count). The summed E-state index contributed by atoms with van der Waals surface area (Å²) in [6.45, 7) is 0. The molecule has 0 fully saturated rings. The van der Waals surface area contributed by atoms with Crippen LogP contribution in [-0.2, 0) is 17.4 Å². The second kappa shape index (κ2) is 7.85.